The standard InChI is InChI=1S/C12H23NO2S/c1-5-10(9(2)14)11(15)13-6-7-16-12(3,4)8-13/h9-10,14H,5-8H2,1-4H3. The summed E-state index contributed by atoms with van der Waals surface area (Å²) >= 11 is 1.91. The fourth-order valence-corrected chi connectivity index (χ4v) is 3.27. The van der Waals surface area contributed by atoms with Gasteiger partial charge in [-0.3, -0.25) is 4.79 Å². The highest BCUT2D eigenvalue weighted by Crippen LogP contribution is 2.30. The van der Waals surface area contributed by atoms with Crippen LogP contribution < -0.4 is 0 Å². The zero-order valence-electron chi connectivity index (χ0n) is 10.7. The Hall–Kier alpha value is -0.220. The van der Waals surface area contributed by atoms with Gasteiger partial charge in [0.05, 0.1) is 12.0 Å². The molecule has 2 unspecified atom stereocenters. The molecule has 1 aliphatic rings. The van der Waals surface area contributed by atoms with Crippen molar-refractivity contribution in [2.75, 3.05) is 18.8 Å². The number of hydrogen-bond donors (Lipinski definition) is 1. The number of thioether (sulfide) groups is 1. The smallest absolute Gasteiger partial charge is 0.228 e. The van der Waals surface area contributed by atoms with Gasteiger partial charge in [-0.2, -0.15) is 11.8 Å². The Labute approximate surface area is 103 Å². The molecule has 1 saturated heterocycles. The van der Waals surface area contributed by atoms with Crippen LogP contribution in [0.2, 0.25) is 0 Å². The van der Waals surface area contributed by atoms with E-state index in [-0.39, 0.29) is 16.6 Å². The third-order valence-corrected chi connectivity index (χ3v) is 4.37. The topological polar surface area (TPSA) is 40.5 Å². The van der Waals surface area contributed by atoms with Crippen LogP contribution in [-0.2, 0) is 4.79 Å². The molecule has 0 aromatic rings. The predicted octanol–water partition coefficient (Wildman–Crippen LogP) is 1.75. The van der Waals surface area contributed by atoms with Crippen molar-refractivity contribution in [3.8, 4) is 0 Å². The van der Waals surface area contributed by atoms with Crippen LogP contribution in [0.3, 0.4) is 0 Å². The van der Waals surface area contributed by atoms with Crippen molar-refractivity contribution in [1.29, 1.82) is 0 Å². The van der Waals surface area contributed by atoms with Crippen molar-refractivity contribution in [1.82, 2.24) is 4.90 Å². The summed E-state index contributed by atoms with van der Waals surface area (Å²) in [6, 6.07) is 0. The average molecular weight is 245 g/mol. The summed E-state index contributed by atoms with van der Waals surface area (Å²) < 4.78 is 0.144. The minimum atomic E-state index is -0.546. The van der Waals surface area contributed by atoms with Gasteiger partial charge in [0.15, 0.2) is 0 Å². The third-order valence-electron chi connectivity index (χ3n) is 3.08. The number of nitrogens with zero attached hydrogens (tertiary/aromatic N) is 1. The van der Waals surface area contributed by atoms with Gasteiger partial charge in [-0.1, -0.05) is 6.92 Å². The number of rotatable bonds is 3. The maximum absolute atomic E-state index is 12.2. The first-order chi connectivity index (χ1) is 7.37. The lowest BCUT2D eigenvalue weighted by molar-refractivity contribution is -0.139. The van der Waals surface area contributed by atoms with Crippen LogP contribution in [0.25, 0.3) is 0 Å². The summed E-state index contributed by atoms with van der Waals surface area (Å²) in [5, 5.41) is 9.59. The second-order valence-electron chi connectivity index (χ2n) is 5.12. The second-order valence-corrected chi connectivity index (χ2v) is 6.93. The molecule has 1 N–H and O–H groups in total. The molecule has 1 fully saturated rings. The maximum atomic E-state index is 12.2. The average Bonchev–Trinajstić information content (AvgIpc) is 2.16. The molecule has 1 aliphatic heterocycles. The molecular weight excluding hydrogens is 222 g/mol. The van der Waals surface area contributed by atoms with E-state index in [2.05, 4.69) is 13.8 Å². The van der Waals surface area contributed by atoms with Gasteiger partial charge in [0.25, 0.3) is 0 Å². The Morgan fingerprint density at radius 1 is 1.56 bits per heavy atom. The molecule has 1 heterocycles. The van der Waals surface area contributed by atoms with Gasteiger partial charge in [-0.05, 0) is 27.2 Å². The predicted molar refractivity (Wildman–Crippen MR) is 68.6 cm³/mol. The first-order valence-electron chi connectivity index (χ1n) is 5.98. The molecule has 4 heteroatoms. The summed E-state index contributed by atoms with van der Waals surface area (Å²) in [6.07, 6.45) is 0.163. The van der Waals surface area contributed by atoms with E-state index < -0.39 is 6.10 Å². The van der Waals surface area contributed by atoms with Crippen LogP contribution in [-0.4, -0.2) is 45.6 Å². The van der Waals surface area contributed by atoms with Crippen molar-refractivity contribution >= 4 is 17.7 Å². The highest BCUT2D eigenvalue weighted by atomic mass is 32.2. The Kier molecular flexibility index (Phi) is 4.68. The van der Waals surface area contributed by atoms with E-state index in [1.165, 1.54) is 0 Å². The molecule has 0 radical (unpaired) electrons. The Balaban J connectivity index is 2.66. The van der Waals surface area contributed by atoms with Gasteiger partial charge in [-0.25, -0.2) is 0 Å². The minimum absolute atomic E-state index is 0.117. The number of aliphatic hydroxyl groups excluding tert-OH is 1. The molecule has 1 amide bonds. The fourth-order valence-electron chi connectivity index (χ4n) is 2.16. The molecule has 1 rings (SSSR count). The first kappa shape index (κ1) is 13.8. The molecule has 16 heavy (non-hydrogen) atoms. The molecule has 0 aliphatic carbocycles. The molecule has 0 saturated carbocycles. The highest BCUT2D eigenvalue weighted by Gasteiger charge is 2.33. The van der Waals surface area contributed by atoms with E-state index in [1.54, 1.807) is 6.92 Å². The van der Waals surface area contributed by atoms with Crippen molar-refractivity contribution < 1.29 is 9.90 Å². The molecule has 94 valence electrons. The molecular formula is C12H23NO2S. The molecule has 0 aromatic carbocycles. The molecule has 2 atom stereocenters. The fraction of sp³-hybridized carbons (Fsp3) is 0.917. The number of hydrogen-bond acceptors (Lipinski definition) is 3. The monoisotopic (exact) mass is 245 g/mol. The molecule has 0 bridgehead atoms. The van der Waals surface area contributed by atoms with Crippen LogP contribution in [0.1, 0.15) is 34.1 Å². The lowest BCUT2D eigenvalue weighted by atomic mass is 9.98. The molecule has 3 nitrogen and oxygen atoms in total. The van der Waals surface area contributed by atoms with Crippen molar-refractivity contribution in [2.24, 2.45) is 5.92 Å². The van der Waals surface area contributed by atoms with Gasteiger partial charge in [0, 0.05) is 23.6 Å². The van der Waals surface area contributed by atoms with Crippen LogP contribution in [0.15, 0.2) is 0 Å². The summed E-state index contributed by atoms with van der Waals surface area (Å²) in [5.41, 5.74) is 0. The second kappa shape index (κ2) is 5.41. The van der Waals surface area contributed by atoms with E-state index in [0.29, 0.717) is 6.42 Å². The van der Waals surface area contributed by atoms with Crippen LogP contribution in [0.4, 0.5) is 0 Å². The van der Waals surface area contributed by atoms with Gasteiger partial charge < -0.3 is 10.0 Å². The van der Waals surface area contributed by atoms with Crippen LogP contribution in [0, 0.1) is 5.92 Å². The summed E-state index contributed by atoms with van der Waals surface area (Å²) in [5.74, 6) is 0.874. The zero-order chi connectivity index (χ0) is 12.3. The lowest BCUT2D eigenvalue weighted by Crippen LogP contribution is -2.49. The highest BCUT2D eigenvalue weighted by molar-refractivity contribution is 8.00. The van der Waals surface area contributed by atoms with Crippen LogP contribution >= 0.6 is 11.8 Å². The van der Waals surface area contributed by atoms with E-state index in [0.717, 1.165) is 18.8 Å². The van der Waals surface area contributed by atoms with Crippen LogP contribution in [0.5, 0.6) is 0 Å². The summed E-state index contributed by atoms with van der Waals surface area (Å²) in [4.78, 5) is 14.1. The SMILES string of the molecule is CCC(C(=O)N1CCSC(C)(C)C1)C(C)O. The largest absolute Gasteiger partial charge is 0.393 e. The van der Waals surface area contributed by atoms with Gasteiger partial charge in [-0.15, -0.1) is 0 Å². The Bertz CT molecular complexity index is 253. The van der Waals surface area contributed by atoms with E-state index in [9.17, 15) is 9.90 Å². The van der Waals surface area contributed by atoms with Gasteiger partial charge >= 0.3 is 0 Å². The number of amides is 1. The normalized spacial score (nSPS) is 23.9. The van der Waals surface area contributed by atoms with Crippen molar-refractivity contribution in [2.45, 2.75) is 45.0 Å². The molecule has 0 spiro atoms. The van der Waals surface area contributed by atoms with Crippen molar-refractivity contribution in [3.05, 3.63) is 0 Å². The van der Waals surface area contributed by atoms with Gasteiger partial charge in [0.1, 0.15) is 0 Å². The summed E-state index contributed by atoms with van der Waals surface area (Å²) in [6.45, 7) is 9.60. The lowest BCUT2D eigenvalue weighted by Gasteiger charge is -2.39. The minimum Gasteiger partial charge on any atom is -0.393 e. The van der Waals surface area contributed by atoms with E-state index >= 15 is 0 Å². The molecule has 0 aromatic heterocycles. The van der Waals surface area contributed by atoms with Gasteiger partial charge in [0.2, 0.25) is 5.91 Å². The van der Waals surface area contributed by atoms with E-state index in [4.69, 9.17) is 0 Å². The number of carbonyl (C=O) groups is 1. The van der Waals surface area contributed by atoms with Crippen molar-refractivity contribution in [3.63, 3.8) is 0 Å². The Morgan fingerprint density at radius 2 is 2.19 bits per heavy atom. The first-order valence-corrected chi connectivity index (χ1v) is 6.97. The summed E-state index contributed by atoms with van der Waals surface area (Å²) in [7, 11) is 0. The zero-order valence-corrected chi connectivity index (χ0v) is 11.5. The quantitative estimate of drug-likeness (QED) is 0.823. The number of carbonyl (C=O) groups excluding carboxylic acids is 1. The number of aliphatic hydroxyl groups is 1. The third kappa shape index (κ3) is 3.39. The Morgan fingerprint density at radius 3 is 2.62 bits per heavy atom. The maximum Gasteiger partial charge on any atom is 0.228 e. The van der Waals surface area contributed by atoms with E-state index in [1.807, 2.05) is 23.6 Å².